The second-order valence-corrected chi connectivity index (χ2v) is 4.00. The second kappa shape index (κ2) is 4.85. The first-order valence-corrected chi connectivity index (χ1v) is 5.56. The molecule has 2 rings (SSSR count). The highest BCUT2D eigenvalue weighted by Crippen LogP contribution is 2.09. The zero-order valence-electron chi connectivity index (χ0n) is 8.66. The minimum Gasteiger partial charge on any atom is -0.288 e. The molecule has 7 nitrogen and oxygen atoms in total. The first-order chi connectivity index (χ1) is 8.20. The Labute approximate surface area is 99.9 Å². The molecule has 3 N–H and O–H groups in total. The van der Waals surface area contributed by atoms with E-state index in [1.807, 2.05) is 5.43 Å². The van der Waals surface area contributed by atoms with Crippen molar-refractivity contribution in [1.29, 1.82) is 0 Å². The summed E-state index contributed by atoms with van der Waals surface area (Å²) in [5, 5.41) is 5.83. The molecule has 0 radical (unpaired) electrons. The third-order valence-electron chi connectivity index (χ3n) is 1.97. The molecule has 2 aromatic heterocycles. The maximum Gasteiger partial charge on any atom is 0.294 e. The molecule has 0 saturated heterocycles. The van der Waals surface area contributed by atoms with E-state index < -0.39 is 5.91 Å². The number of nitrogens with two attached hydrogens (primary N) is 1. The minimum atomic E-state index is -0.449. The first-order valence-electron chi connectivity index (χ1n) is 4.68. The molecule has 2 heterocycles. The molecule has 0 bridgehead atoms. The average Bonchev–Trinajstić information content (AvgIpc) is 2.80. The van der Waals surface area contributed by atoms with Crippen molar-refractivity contribution >= 4 is 17.2 Å². The number of hydrazine groups is 1. The summed E-state index contributed by atoms with van der Waals surface area (Å²) in [7, 11) is 0. The summed E-state index contributed by atoms with van der Waals surface area (Å²) in [5.41, 5.74) is 2.37. The SMILES string of the molecule is NNC(=O)c1nc(Cn2ncccc2=O)cs1. The molecule has 88 valence electrons. The van der Waals surface area contributed by atoms with Crippen molar-refractivity contribution in [1.82, 2.24) is 20.2 Å². The van der Waals surface area contributed by atoms with Crippen molar-refractivity contribution in [2.45, 2.75) is 6.54 Å². The third kappa shape index (κ3) is 2.55. The van der Waals surface area contributed by atoms with Crippen LogP contribution in [0.5, 0.6) is 0 Å². The van der Waals surface area contributed by atoms with Gasteiger partial charge in [-0.05, 0) is 6.07 Å². The van der Waals surface area contributed by atoms with Gasteiger partial charge in [-0.2, -0.15) is 5.10 Å². The molecule has 0 aliphatic heterocycles. The van der Waals surface area contributed by atoms with Gasteiger partial charge in [0.15, 0.2) is 5.01 Å². The van der Waals surface area contributed by atoms with Crippen molar-refractivity contribution in [2.75, 3.05) is 0 Å². The van der Waals surface area contributed by atoms with Crippen molar-refractivity contribution in [3.63, 3.8) is 0 Å². The maximum absolute atomic E-state index is 11.4. The van der Waals surface area contributed by atoms with Crippen LogP contribution >= 0.6 is 11.3 Å². The first kappa shape index (κ1) is 11.4. The molecule has 0 spiro atoms. The fraction of sp³-hybridized carbons (Fsp3) is 0.111. The number of carbonyl (C=O) groups excluding carboxylic acids is 1. The van der Waals surface area contributed by atoms with Crippen LogP contribution in [0.2, 0.25) is 0 Å². The van der Waals surface area contributed by atoms with Crippen LogP contribution in [-0.2, 0) is 6.54 Å². The normalized spacial score (nSPS) is 10.2. The Morgan fingerprint density at radius 3 is 3.12 bits per heavy atom. The number of nitrogens with zero attached hydrogens (tertiary/aromatic N) is 3. The van der Waals surface area contributed by atoms with E-state index >= 15 is 0 Å². The number of nitrogen functional groups attached to an aromatic ring is 1. The van der Waals surface area contributed by atoms with Crippen molar-refractivity contribution < 1.29 is 4.79 Å². The van der Waals surface area contributed by atoms with Gasteiger partial charge in [-0.25, -0.2) is 15.5 Å². The minimum absolute atomic E-state index is 0.217. The summed E-state index contributed by atoms with van der Waals surface area (Å²) >= 11 is 1.16. The number of hydrogen-bond donors (Lipinski definition) is 2. The van der Waals surface area contributed by atoms with Crippen LogP contribution in [0, 0.1) is 0 Å². The van der Waals surface area contributed by atoms with E-state index in [0.717, 1.165) is 11.3 Å². The predicted molar refractivity (Wildman–Crippen MR) is 61.4 cm³/mol. The summed E-state index contributed by atoms with van der Waals surface area (Å²) < 4.78 is 1.26. The van der Waals surface area contributed by atoms with Gasteiger partial charge in [0.25, 0.3) is 11.5 Å². The van der Waals surface area contributed by atoms with E-state index in [4.69, 9.17) is 5.84 Å². The van der Waals surface area contributed by atoms with Crippen LogP contribution < -0.4 is 16.8 Å². The fourth-order valence-electron chi connectivity index (χ4n) is 1.21. The lowest BCUT2D eigenvalue weighted by atomic mass is 10.4. The Morgan fingerprint density at radius 2 is 2.41 bits per heavy atom. The van der Waals surface area contributed by atoms with E-state index in [2.05, 4.69) is 10.1 Å². The molecule has 1 amide bonds. The van der Waals surface area contributed by atoms with Gasteiger partial charge in [-0.3, -0.25) is 15.0 Å². The highest BCUT2D eigenvalue weighted by Gasteiger charge is 2.10. The van der Waals surface area contributed by atoms with Gasteiger partial charge in [-0.1, -0.05) is 0 Å². The van der Waals surface area contributed by atoms with E-state index in [1.165, 1.54) is 16.9 Å². The molecule has 17 heavy (non-hydrogen) atoms. The third-order valence-corrected chi connectivity index (χ3v) is 2.86. The zero-order chi connectivity index (χ0) is 12.3. The van der Waals surface area contributed by atoms with Gasteiger partial charge < -0.3 is 0 Å². The largest absolute Gasteiger partial charge is 0.294 e. The number of aromatic nitrogens is 3. The molecule has 2 aromatic rings. The van der Waals surface area contributed by atoms with E-state index in [1.54, 1.807) is 11.4 Å². The lowest BCUT2D eigenvalue weighted by Gasteiger charge is -1.99. The molecule has 0 aliphatic carbocycles. The van der Waals surface area contributed by atoms with Crippen molar-refractivity contribution in [3.8, 4) is 0 Å². The Hall–Kier alpha value is -2.06. The Kier molecular flexibility index (Phi) is 3.26. The van der Waals surface area contributed by atoms with Gasteiger partial charge in [0.1, 0.15) is 0 Å². The summed E-state index contributed by atoms with van der Waals surface area (Å²) in [6, 6.07) is 2.97. The smallest absolute Gasteiger partial charge is 0.288 e. The summed E-state index contributed by atoms with van der Waals surface area (Å²) in [5.74, 6) is 4.54. The van der Waals surface area contributed by atoms with Crippen molar-refractivity contribution in [2.24, 2.45) is 5.84 Å². The fourth-order valence-corrected chi connectivity index (χ4v) is 1.92. The highest BCUT2D eigenvalue weighted by atomic mass is 32.1. The molecule has 0 unspecified atom stereocenters. The van der Waals surface area contributed by atoms with E-state index in [0.29, 0.717) is 5.69 Å². The average molecular weight is 251 g/mol. The summed E-state index contributed by atoms with van der Waals surface area (Å²) in [6.45, 7) is 0.230. The second-order valence-electron chi connectivity index (χ2n) is 3.14. The monoisotopic (exact) mass is 251 g/mol. The van der Waals surface area contributed by atoms with Crippen LogP contribution in [0.3, 0.4) is 0 Å². The lowest BCUT2D eigenvalue weighted by molar-refractivity contribution is 0.0953. The highest BCUT2D eigenvalue weighted by molar-refractivity contribution is 7.11. The number of carbonyl (C=O) groups is 1. The zero-order valence-corrected chi connectivity index (χ0v) is 9.48. The van der Waals surface area contributed by atoms with Crippen LogP contribution in [0.4, 0.5) is 0 Å². The van der Waals surface area contributed by atoms with Crippen LogP contribution in [0.15, 0.2) is 28.5 Å². The molecule has 0 saturated carbocycles. The van der Waals surface area contributed by atoms with Gasteiger partial charge in [0, 0.05) is 17.6 Å². The lowest BCUT2D eigenvalue weighted by Crippen LogP contribution is -2.30. The summed E-state index contributed by atoms with van der Waals surface area (Å²) in [4.78, 5) is 26.6. The number of amides is 1. The van der Waals surface area contributed by atoms with Crippen LogP contribution in [0.1, 0.15) is 15.5 Å². The molecule has 0 aliphatic rings. The number of hydrogen-bond acceptors (Lipinski definition) is 6. The van der Waals surface area contributed by atoms with Gasteiger partial charge >= 0.3 is 0 Å². The van der Waals surface area contributed by atoms with Crippen LogP contribution in [0.25, 0.3) is 0 Å². The number of thiazole rings is 1. The summed E-state index contributed by atoms with van der Waals surface area (Å²) in [6.07, 6.45) is 1.52. The standard InChI is InChI=1S/C9H9N5O2S/c10-13-8(16)9-12-6(5-17-9)4-14-7(15)2-1-3-11-14/h1-3,5H,4,10H2,(H,13,16). The van der Waals surface area contributed by atoms with Gasteiger partial charge in [0.2, 0.25) is 0 Å². The van der Waals surface area contributed by atoms with E-state index in [9.17, 15) is 9.59 Å². The molecule has 0 fully saturated rings. The van der Waals surface area contributed by atoms with Gasteiger partial charge in [-0.15, -0.1) is 11.3 Å². The predicted octanol–water partition coefficient (Wildman–Crippen LogP) is -0.648. The maximum atomic E-state index is 11.4. The Balaban J connectivity index is 2.20. The molecular formula is C9H9N5O2S. The van der Waals surface area contributed by atoms with Gasteiger partial charge in [0.05, 0.1) is 12.2 Å². The molecular weight excluding hydrogens is 242 g/mol. The van der Waals surface area contributed by atoms with E-state index in [-0.39, 0.29) is 17.1 Å². The molecule has 0 atom stereocenters. The molecule has 0 aromatic carbocycles. The molecule has 8 heteroatoms. The Bertz CT molecular complexity index is 591. The topological polar surface area (TPSA) is 103 Å². The number of nitrogens with one attached hydrogen (secondary N) is 1. The van der Waals surface area contributed by atoms with Crippen molar-refractivity contribution in [3.05, 3.63) is 44.8 Å². The quantitative estimate of drug-likeness (QED) is 0.429. The van der Waals surface area contributed by atoms with Crippen LogP contribution in [-0.4, -0.2) is 20.7 Å². The number of rotatable bonds is 3. The Morgan fingerprint density at radius 1 is 1.59 bits per heavy atom.